The number of rotatable bonds is 5. The van der Waals surface area contributed by atoms with Crippen molar-refractivity contribution in [1.82, 2.24) is 13.6 Å². The van der Waals surface area contributed by atoms with Gasteiger partial charge in [0.05, 0.1) is 7.11 Å². The van der Waals surface area contributed by atoms with Gasteiger partial charge in [-0.3, -0.25) is 10.5 Å². The molecule has 0 spiro atoms. The molecule has 0 bridgehead atoms. The zero-order valence-corrected chi connectivity index (χ0v) is 23.4. The number of alkyl halides is 3. The molecule has 3 fully saturated rings. The summed E-state index contributed by atoms with van der Waals surface area (Å²) < 4.78 is 41.9. The largest absolute Gasteiger partial charge is 0.490 e. The molecule has 38 heavy (non-hydrogen) atoms. The second-order valence-electron chi connectivity index (χ2n) is 9.02. The highest BCUT2D eigenvalue weighted by molar-refractivity contribution is 7.99. The SMILES string of the molecule is C1CCC(C2CCCN(SN3CCSCC3)C2)CC1.COc1cc(CN)ccn1.O=C(O)C(F)(F)F.OO. The van der Waals surface area contributed by atoms with Crippen LogP contribution in [0.2, 0.25) is 0 Å². The second-order valence-corrected chi connectivity index (χ2v) is 11.4. The van der Waals surface area contributed by atoms with Gasteiger partial charge in [0.25, 0.3) is 0 Å². The quantitative estimate of drug-likeness (QED) is 0.209. The molecule has 0 radical (unpaired) electrons. The molecule has 9 nitrogen and oxygen atoms in total. The molecule has 14 heteroatoms. The smallest absolute Gasteiger partial charge is 0.481 e. The van der Waals surface area contributed by atoms with Gasteiger partial charge in [-0.2, -0.15) is 24.9 Å². The minimum Gasteiger partial charge on any atom is -0.481 e. The van der Waals surface area contributed by atoms with Gasteiger partial charge in [0, 0.05) is 68.6 Å². The number of pyridine rings is 1. The van der Waals surface area contributed by atoms with Gasteiger partial charge in [-0.15, -0.1) is 0 Å². The number of aliphatic carboxylic acids is 1. The molecule has 1 aromatic rings. The van der Waals surface area contributed by atoms with Crippen LogP contribution >= 0.6 is 23.9 Å². The fraction of sp³-hybridized carbons (Fsp3) is 0.750. The van der Waals surface area contributed by atoms with Crippen molar-refractivity contribution in [3.8, 4) is 5.88 Å². The van der Waals surface area contributed by atoms with Crippen LogP contribution in [0.3, 0.4) is 0 Å². The van der Waals surface area contributed by atoms with Crippen LogP contribution < -0.4 is 10.5 Å². The van der Waals surface area contributed by atoms with Crippen molar-refractivity contribution in [3.05, 3.63) is 23.9 Å². The Morgan fingerprint density at radius 3 is 2.26 bits per heavy atom. The van der Waals surface area contributed by atoms with Crippen molar-refractivity contribution in [3.63, 3.8) is 0 Å². The Morgan fingerprint density at radius 1 is 1.11 bits per heavy atom. The van der Waals surface area contributed by atoms with Gasteiger partial charge in [-0.05, 0) is 36.3 Å². The van der Waals surface area contributed by atoms with Gasteiger partial charge in [0.15, 0.2) is 0 Å². The van der Waals surface area contributed by atoms with Crippen LogP contribution in [0.15, 0.2) is 18.3 Å². The highest BCUT2D eigenvalue weighted by atomic mass is 32.2. The number of carboxylic acids is 1. The summed E-state index contributed by atoms with van der Waals surface area (Å²) in [6.07, 6.45) is 7.05. The summed E-state index contributed by atoms with van der Waals surface area (Å²) in [4.78, 5) is 12.8. The summed E-state index contributed by atoms with van der Waals surface area (Å²) in [5.41, 5.74) is 6.42. The van der Waals surface area contributed by atoms with E-state index in [0.717, 1.165) is 17.4 Å². The molecule has 1 aliphatic carbocycles. The lowest BCUT2D eigenvalue weighted by Crippen LogP contribution is -2.39. The number of methoxy groups -OCH3 is 1. The first-order valence-electron chi connectivity index (χ1n) is 12.7. The average Bonchev–Trinajstić information content (AvgIpc) is 2.95. The first-order chi connectivity index (χ1) is 18.2. The van der Waals surface area contributed by atoms with Crippen molar-refractivity contribution < 1.29 is 38.3 Å². The monoisotopic (exact) mass is 586 g/mol. The molecule has 220 valence electrons. The number of carboxylic acid groups (broad SMARTS) is 1. The Kier molecular flexibility index (Phi) is 18.0. The highest BCUT2D eigenvalue weighted by Crippen LogP contribution is 2.37. The molecule has 2 saturated heterocycles. The van der Waals surface area contributed by atoms with E-state index in [4.69, 9.17) is 30.9 Å². The number of hydrogen-bond acceptors (Lipinski definition) is 10. The third kappa shape index (κ3) is 14.2. The van der Waals surface area contributed by atoms with Crippen molar-refractivity contribution >= 4 is 29.9 Å². The van der Waals surface area contributed by atoms with Gasteiger partial charge < -0.3 is 15.6 Å². The Bertz CT molecular complexity index is 752. The predicted molar refractivity (Wildman–Crippen MR) is 145 cm³/mol. The standard InChI is InChI=1S/C15H28N2S2.C7H10N2O.C2HF3O2.H2O2/c1-2-5-14(6-3-1)15-7-4-8-17(13-15)19-16-9-11-18-12-10-16;1-10-7-4-6(5-8)2-3-9-7;3-2(4,5)1(6)7;1-2/h14-15H,1-13H2;2-4H,5,8H2,1H3;(H,6,7);1-2H. The van der Waals surface area contributed by atoms with E-state index in [0.29, 0.717) is 12.4 Å². The zero-order chi connectivity index (χ0) is 28.4. The second kappa shape index (κ2) is 19.7. The van der Waals surface area contributed by atoms with E-state index in [1.807, 2.05) is 12.1 Å². The summed E-state index contributed by atoms with van der Waals surface area (Å²) in [6, 6.07) is 3.68. The van der Waals surface area contributed by atoms with Gasteiger partial charge in [0.1, 0.15) is 0 Å². The molecule has 1 unspecified atom stereocenters. The minimum absolute atomic E-state index is 0.527. The van der Waals surface area contributed by atoms with E-state index in [1.54, 1.807) is 13.3 Å². The first kappa shape index (κ1) is 34.7. The third-order valence-electron chi connectivity index (χ3n) is 6.42. The lowest BCUT2D eigenvalue weighted by atomic mass is 9.77. The molecule has 0 amide bonds. The summed E-state index contributed by atoms with van der Waals surface area (Å²) in [5, 5.41) is 19.1. The summed E-state index contributed by atoms with van der Waals surface area (Å²) in [7, 11) is 1.59. The molecule has 3 aliphatic rings. The van der Waals surface area contributed by atoms with E-state index in [9.17, 15) is 13.2 Å². The molecular formula is C24H41F3N4O5S2. The maximum atomic E-state index is 10.6. The van der Waals surface area contributed by atoms with Crippen LogP contribution in [0.5, 0.6) is 5.88 Å². The number of thioether (sulfide) groups is 1. The molecular weight excluding hydrogens is 545 g/mol. The number of aromatic nitrogens is 1. The first-order valence-corrected chi connectivity index (χ1v) is 14.6. The van der Waals surface area contributed by atoms with Crippen molar-refractivity contribution in [2.24, 2.45) is 17.6 Å². The van der Waals surface area contributed by atoms with Crippen molar-refractivity contribution in [1.29, 1.82) is 0 Å². The predicted octanol–water partition coefficient (Wildman–Crippen LogP) is 5.09. The Labute approximate surface area is 231 Å². The molecule has 3 heterocycles. The maximum absolute atomic E-state index is 10.6. The topological polar surface area (TPSA) is 132 Å². The third-order valence-corrected chi connectivity index (χ3v) is 8.53. The van der Waals surface area contributed by atoms with E-state index in [1.165, 1.54) is 82.6 Å². The van der Waals surface area contributed by atoms with Gasteiger partial charge in [-0.25, -0.2) is 18.4 Å². The molecule has 2 aliphatic heterocycles. The average molecular weight is 587 g/mol. The maximum Gasteiger partial charge on any atom is 0.490 e. The van der Waals surface area contributed by atoms with Gasteiger partial charge in [-0.1, -0.05) is 32.1 Å². The number of hydrogen-bond donors (Lipinski definition) is 4. The Hall–Kier alpha value is -1.29. The van der Waals surface area contributed by atoms with Crippen LogP contribution in [0, 0.1) is 11.8 Å². The number of piperidine rings is 1. The zero-order valence-electron chi connectivity index (χ0n) is 21.8. The molecule has 1 saturated carbocycles. The van der Waals surface area contributed by atoms with Crippen LogP contribution in [0.4, 0.5) is 13.2 Å². The van der Waals surface area contributed by atoms with Crippen LogP contribution in [0.25, 0.3) is 0 Å². The number of carbonyl (C=O) groups is 1. The number of halogens is 3. The highest BCUT2D eigenvalue weighted by Gasteiger charge is 2.38. The van der Waals surface area contributed by atoms with Crippen LogP contribution in [0.1, 0.15) is 50.5 Å². The Morgan fingerprint density at radius 2 is 1.71 bits per heavy atom. The minimum atomic E-state index is -5.08. The normalized spacial score (nSPS) is 21.0. The van der Waals surface area contributed by atoms with E-state index in [2.05, 4.69) is 37.5 Å². The van der Waals surface area contributed by atoms with Crippen LogP contribution in [-0.4, -0.2) is 86.2 Å². The number of ether oxygens (including phenoxy) is 1. The summed E-state index contributed by atoms with van der Waals surface area (Å²) >= 11 is 4.17. The molecule has 4 rings (SSSR count). The molecule has 5 N–H and O–H groups in total. The van der Waals surface area contributed by atoms with E-state index in [-0.39, 0.29) is 0 Å². The Balaban J connectivity index is 0.000000320. The molecule has 1 atom stereocenters. The van der Waals surface area contributed by atoms with E-state index < -0.39 is 12.1 Å². The fourth-order valence-corrected chi connectivity index (χ4v) is 6.79. The van der Waals surface area contributed by atoms with E-state index >= 15 is 0 Å². The lowest BCUT2D eigenvalue weighted by Gasteiger charge is -2.39. The molecule has 1 aromatic heterocycles. The number of nitrogens with zero attached hydrogens (tertiary/aromatic N) is 3. The van der Waals surface area contributed by atoms with Gasteiger partial charge in [0.2, 0.25) is 5.88 Å². The van der Waals surface area contributed by atoms with Crippen LogP contribution in [-0.2, 0) is 11.3 Å². The number of nitrogens with two attached hydrogens (primary N) is 1. The van der Waals surface area contributed by atoms with Gasteiger partial charge >= 0.3 is 12.1 Å². The van der Waals surface area contributed by atoms with Crippen molar-refractivity contribution in [2.75, 3.05) is 44.8 Å². The summed E-state index contributed by atoms with van der Waals surface area (Å²) in [6.45, 7) is 5.76. The lowest BCUT2D eigenvalue weighted by molar-refractivity contribution is -0.192. The molecule has 0 aromatic carbocycles. The van der Waals surface area contributed by atoms with Crippen molar-refractivity contribution in [2.45, 2.75) is 57.7 Å². The fourth-order valence-electron chi connectivity index (χ4n) is 4.52. The summed E-state index contributed by atoms with van der Waals surface area (Å²) in [5.74, 6) is 2.56.